The number of carbonyl (C=O) groups is 1. The first-order valence-electron chi connectivity index (χ1n) is 11.3. The first-order chi connectivity index (χ1) is 15.1. The van der Waals surface area contributed by atoms with Gasteiger partial charge in [-0.15, -0.1) is 12.4 Å². The van der Waals surface area contributed by atoms with Crippen LogP contribution in [-0.2, 0) is 13.0 Å². The number of nitrogens with zero attached hydrogens (tertiary/aromatic N) is 1. The minimum Gasteiger partial charge on any atom is -0.335 e. The lowest BCUT2D eigenvalue weighted by Crippen LogP contribution is -2.51. The second-order valence-electron chi connectivity index (χ2n) is 8.81. The number of piperidine rings is 1. The molecule has 1 aliphatic heterocycles. The van der Waals surface area contributed by atoms with Gasteiger partial charge >= 0.3 is 0 Å². The highest BCUT2D eigenvalue weighted by Crippen LogP contribution is 2.24. The minimum absolute atomic E-state index is 0. The Labute approximate surface area is 198 Å². The third-order valence-corrected chi connectivity index (χ3v) is 6.20. The maximum Gasteiger partial charge on any atom is 0.254 e. The van der Waals surface area contributed by atoms with Gasteiger partial charge in [0.05, 0.1) is 0 Å². The molecule has 1 fully saturated rings. The molecule has 4 rings (SSSR count). The first kappa shape index (κ1) is 24.0. The van der Waals surface area contributed by atoms with E-state index in [2.05, 4.69) is 84.7 Å². The van der Waals surface area contributed by atoms with Crippen LogP contribution in [-0.4, -0.2) is 29.4 Å². The van der Waals surface area contributed by atoms with Crippen LogP contribution in [0, 0.1) is 13.8 Å². The summed E-state index contributed by atoms with van der Waals surface area (Å²) in [6.45, 7) is 5.78. The predicted octanol–water partition coefficient (Wildman–Crippen LogP) is 5.73. The van der Waals surface area contributed by atoms with Crippen molar-refractivity contribution in [2.75, 3.05) is 6.54 Å². The third kappa shape index (κ3) is 6.21. The van der Waals surface area contributed by atoms with E-state index in [1.807, 2.05) is 18.2 Å². The van der Waals surface area contributed by atoms with Gasteiger partial charge in [-0.1, -0.05) is 77.9 Å². The number of carbonyl (C=O) groups excluding carboxylic acids is 1. The number of likely N-dealkylation sites (tertiary alicyclic amines) is 1. The van der Waals surface area contributed by atoms with E-state index in [1.165, 1.54) is 11.1 Å². The van der Waals surface area contributed by atoms with Crippen molar-refractivity contribution in [1.82, 2.24) is 10.2 Å². The molecule has 0 radical (unpaired) electrons. The lowest BCUT2D eigenvalue weighted by atomic mass is 9.91. The molecule has 1 saturated heterocycles. The summed E-state index contributed by atoms with van der Waals surface area (Å²) in [5.74, 6) is 0.161. The number of hydrogen-bond donors (Lipinski definition) is 1. The molecule has 1 N–H and O–H groups in total. The second-order valence-corrected chi connectivity index (χ2v) is 8.81. The largest absolute Gasteiger partial charge is 0.335 e. The molecule has 0 aliphatic carbocycles. The van der Waals surface area contributed by atoms with E-state index in [9.17, 15) is 4.79 Å². The summed E-state index contributed by atoms with van der Waals surface area (Å²) in [5.41, 5.74) is 5.68. The Morgan fingerprint density at radius 3 is 2.12 bits per heavy atom. The summed E-state index contributed by atoms with van der Waals surface area (Å²) in [4.78, 5) is 15.6. The number of halogens is 1. The van der Waals surface area contributed by atoms with E-state index in [1.54, 1.807) is 0 Å². The van der Waals surface area contributed by atoms with Gasteiger partial charge in [0, 0.05) is 30.7 Å². The third-order valence-electron chi connectivity index (χ3n) is 6.20. The van der Waals surface area contributed by atoms with E-state index in [-0.39, 0.29) is 24.4 Å². The van der Waals surface area contributed by atoms with Crippen molar-refractivity contribution in [3.63, 3.8) is 0 Å². The van der Waals surface area contributed by atoms with Gasteiger partial charge in [0.2, 0.25) is 0 Å². The Kier molecular flexibility index (Phi) is 8.49. The average molecular weight is 449 g/mol. The smallest absolute Gasteiger partial charge is 0.254 e. The van der Waals surface area contributed by atoms with Crippen LogP contribution >= 0.6 is 12.4 Å². The lowest BCUT2D eigenvalue weighted by molar-refractivity contribution is 0.0576. The number of amides is 1. The Morgan fingerprint density at radius 1 is 0.906 bits per heavy atom. The first-order valence-corrected chi connectivity index (χ1v) is 11.3. The highest BCUT2D eigenvalue weighted by atomic mass is 35.5. The number of aryl methyl sites for hydroxylation is 2. The summed E-state index contributed by atoms with van der Waals surface area (Å²) in [6, 6.07) is 27.9. The standard InChI is InChI=1S/C28H32N2O.ClH/c1-21-15-22(2)17-25(16-21)28(31)30-14-13-26(29-20-24-11-7-4-8-12-24)19-27(30)18-23-9-5-3-6-10-23;/h3-12,15-17,26-27,29H,13-14,18-20H2,1-2H3;1H/t26-,27-;/m1./s1. The fourth-order valence-electron chi connectivity index (χ4n) is 4.71. The molecule has 0 unspecified atom stereocenters. The van der Waals surface area contributed by atoms with Gasteiger partial charge in [0.1, 0.15) is 0 Å². The molecule has 1 amide bonds. The fourth-order valence-corrected chi connectivity index (χ4v) is 4.71. The van der Waals surface area contributed by atoms with Gasteiger partial charge in [0.25, 0.3) is 5.91 Å². The number of hydrogen-bond acceptors (Lipinski definition) is 2. The molecular weight excluding hydrogens is 416 g/mol. The summed E-state index contributed by atoms with van der Waals surface area (Å²) < 4.78 is 0. The van der Waals surface area contributed by atoms with Crippen LogP contribution in [0.3, 0.4) is 0 Å². The van der Waals surface area contributed by atoms with Crippen molar-refractivity contribution < 1.29 is 4.79 Å². The van der Waals surface area contributed by atoms with Gasteiger partial charge < -0.3 is 10.2 Å². The quantitative estimate of drug-likeness (QED) is 0.522. The Hall–Kier alpha value is -2.62. The molecule has 3 aromatic rings. The molecule has 3 nitrogen and oxygen atoms in total. The molecule has 1 aliphatic rings. The highest BCUT2D eigenvalue weighted by molar-refractivity contribution is 5.95. The number of nitrogens with one attached hydrogen (secondary N) is 1. The van der Waals surface area contributed by atoms with E-state index in [4.69, 9.17) is 0 Å². The van der Waals surface area contributed by atoms with Gasteiger partial charge in [0.15, 0.2) is 0 Å². The monoisotopic (exact) mass is 448 g/mol. The Morgan fingerprint density at radius 2 is 1.50 bits per heavy atom. The van der Waals surface area contributed by atoms with Crippen molar-refractivity contribution >= 4 is 18.3 Å². The molecule has 0 aromatic heterocycles. The minimum atomic E-state index is 0. The van der Waals surface area contributed by atoms with Gasteiger partial charge in [-0.3, -0.25) is 4.79 Å². The molecule has 0 saturated carbocycles. The lowest BCUT2D eigenvalue weighted by Gasteiger charge is -2.40. The van der Waals surface area contributed by atoms with Crippen molar-refractivity contribution in [1.29, 1.82) is 0 Å². The van der Waals surface area contributed by atoms with E-state index >= 15 is 0 Å². The molecule has 3 aromatic carbocycles. The molecule has 0 bridgehead atoms. The van der Waals surface area contributed by atoms with E-state index in [0.29, 0.717) is 6.04 Å². The van der Waals surface area contributed by atoms with E-state index < -0.39 is 0 Å². The van der Waals surface area contributed by atoms with Gasteiger partial charge in [-0.2, -0.15) is 0 Å². The normalized spacial score (nSPS) is 18.1. The van der Waals surface area contributed by atoms with Crippen LogP contribution in [0.15, 0.2) is 78.9 Å². The van der Waals surface area contributed by atoms with Gasteiger partial charge in [-0.25, -0.2) is 0 Å². The Balaban J connectivity index is 0.00000289. The number of benzene rings is 3. The summed E-state index contributed by atoms with van der Waals surface area (Å²) in [7, 11) is 0. The molecular formula is C28H33ClN2O. The van der Waals surface area contributed by atoms with Crippen molar-refractivity contribution in [3.05, 3.63) is 107 Å². The van der Waals surface area contributed by atoms with Crippen molar-refractivity contribution in [2.24, 2.45) is 0 Å². The fraction of sp³-hybridized carbons (Fsp3) is 0.321. The topological polar surface area (TPSA) is 32.3 Å². The zero-order valence-electron chi connectivity index (χ0n) is 19.0. The average Bonchev–Trinajstić information content (AvgIpc) is 2.78. The summed E-state index contributed by atoms with van der Waals surface area (Å²) in [5, 5.41) is 3.73. The van der Waals surface area contributed by atoms with Crippen molar-refractivity contribution in [2.45, 2.75) is 51.7 Å². The second kappa shape index (κ2) is 11.3. The summed E-state index contributed by atoms with van der Waals surface area (Å²) in [6.07, 6.45) is 2.84. The zero-order chi connectivity index (χ0) is 21.6. The molecule has 0 spiro atoms. The molecule has 2 atom stereocenters. The van der Waals surface area contributed by atoms with Gasteiger partial charge in [-0.05, 0) is 56.4 Å². The maximum atomic E-state index is 13.5. The molecule has 32 heavy (non-hydrogen) atoms. The van der Waals surface area contributed by atoms with Crippen LogP contribution in [0.1, 0.15) is 45.5 Å². The van der Waals surface area contributed by atoms with Crippen molar-refractivity contribution in [3.8, 4) is 0 Å². The van der Waals surface area contributed by atoms with Crippen LogP contribution in [0.5, 0.6) is 0 Å². The van der Waals surface area contributed by atoms with Crippen LogP contribution in [0.25, 0.3) is 0 Å². The summed E-state index contributed by atoms with van der Waals surface area (Å²) >= 11 is 0. The van der Waals surface area contributed by atoms with Crippen LogP contribution in [0.4, 0.5) is 0 Å². The number of rotatable bonds is 6. The molecule has 168 valence electrons. The SMILES string of the molecule is Cc1cc(C)cc(C(=O)N2CC[C@@H](NCc3ccccc3)C[C@H]2Cc2ccccc2)c1.Cl. The predicted molar refractivity (Wildman–Crippen MR) is 134 cm³/mol. The highest BCUT2D eigenvalue weighted by Gasteiger charge is 2.32. The van der Waals surface area contributed by atoms with Crippen LogP contribution in [0.2, 0.25) is 0 Å². The van der Waals surface area contributed by atoms with E-state index in [0.717, 1.165) is 49.0 Å². The van der Waals surface area contributed by atoms with Crippen LogP contribution < -0.4 is 5.32 Å². The zero-order valence-corrected chi connectivity index (χ0v) is 19.8. The maximum absolute atomic E-state index is 13.5. The molecule has 4 heteroatoms. The Bertz CT molecular complexity index is 986. The molecule has 1 heterocycles.